The molecule has 1 aliphatic carbocycles. The number of rotatable bonds is 1. The normalized spacial score (nSPS) is 14.4. The third-order valence-electron chi connectivity index (χ3n) is 1.31. The third-order valence-corrected chi connectivity index (χ3v) is 1.31. The summed E-state index contributed by atoms with van der Waals surface area (Å²) in [5, 5.41) is 3.42. The van der Waals surface area contributed by atoms with E-state index in [1.165, 1.54) is 5.70 Å². The van der Waals surface area contributed by atoms with Gasteiger partial charge in [-0.25, -0.2) is 0 Å². The molecule has 0 heterocycles. The van der Waals surface area contributed by atoms with Crippen molar-refractivity contribution in [3.8, 4) is 0 Å². The molecule has 0 bridgehead atoms. The van der Waals surface area contributed by atoms with Crippen molar-refractivity contribution in [3.05, 3.63) is 23.9 Å². The van der Waals surface area contributed by atoms with Gasteiger partial charge in [0.1, 0.15) is 0 Å². The Hall–Kier alpha value is -0.140. The first-order chi connectivity index (χ1) is 4.58. The molecule has 0 saturated carbocycles. The Morgan fingerprint density at radius 2 is 1.83 bits per heavy atom. The summed E-state index contributed by atoms with van der Waals surface area (Å²) in [6.45, 7) is 6.52. The van der Waals surface area contributed by atoms with Gasteiger partial charge in [0, 0.05) is 17.7 Å². The molecule has 3 heteroatoms. The van der Waals surface area contributed by atoms with Crippen LogP contribution in [0.5, 0.6) is 0 Å². The summed E-state index contributed by atoms with van der Waals surface area (Å²) in [5.74, 6) is 0. The van der Waals surface area contributed by atoms with Crippen LogP contribution in [0.4, 0.5) is 0 Å². The van der Waals surface area contributed by atoms with Gasteiger partial charge in [-0.05, 0) is 26.8 Å². The van der Waals surface area contributed by atoms with Crippen LogP contribution in [0.1, 0.15) is 27.2 Å². The lowest BCUT2D eigenvalue weighted by Gasteiger charge is -2.22. The zero-order valence-electron chi connectivity index (χ0n) is 7.76. The third kappa shape index (κ3) is 5.50. The molecule has 0 aromatic carbocycles. The van der Waals surface area contributed by atoms with Crippen molar-refractivity contribution >= 4 is 24.8 Å². The molecule has 12 heavy (non-hydrogen) atoms. The van der Waals surface area contributed by atoms with Crippen LogP contribution in [0.2, 0.25) is 0 Å². The van der Waals surface area contributed by atoms with Crippen molar-refractivity contribution in [1.29, 1.82) is 0 Å². The van der Waals surface area contributed by atoms with E-state index in [1.54, 1.807) is 0 Å². The van der Waals surface area contributed by atoms with Crippen molar-refractivity contribution in [2.45, 2.75) is 32.7 Å². The van der Waals surface area contributed by atoms with Crippen LogP contribution in [0.3, 0.4) is 0 Å². The number of halogens is 2. The SMILES string of the molecule is CC(C)(C)NC1=CC=CC1.Cl.Cl. The van der Waals surface area contributed by atoms with Crippen molar-refractivity contribution in [2.75, 3.05) is 0 Å². The molecule has 0 spiro atoms. The van der Waals surface area contributed by atoms with Crippen LogP contribution in [-0.2, 0) is 0 Å². The highest BCUT2D eigenvalue weighted by molar-refractivity contribution is 5.85. The fourth-order valence-electron chi connectivity index (χ4n) is 1.02. The van der Waals surface area contributed by atoms with Crippen molar-refractivity contribution in [3.63, 3.8) is 0 Å². The van der Waals surface area contributed by atoms with E-state index >= 15 is 0 Å². The van der Waals surface area contributed by atoms with Gasteiger partial charge in [-0.3, -0.25) is 0 Å². The van der Waals surface area contributed by atoms with Crippen LogP contribution < -0.4 is 5.32 Å². The lowest BCUT2D eigenvalue weighted by molar-refractivity contribution is 0.470. The van der Waals surface area contributed by atoms with Crippen molar-refractivity contribution in [1.82, 2.24) is 5.32 Å². The minimum absolute atomic E-state index is 0. The molecule has 0 saturated heterocycles. The fraction of sp³-hybridized carbons (Fsp3) is 0.556. The second-order valence-electron chi connectivity index (χ2n) is 3.70. The summed E-state index contributed by atoms with van der Waals surface area (Å²) in [7, 11) is 0. The predicted octanol–water partition coefficient (Wildman–Crippen LogP) is 3.06. The maximum atomic E-state index is 3.42. The summed E-state index contributed by atoms with van der Waals surface area (Å²) in [5.41, 5.74) is 1.53. The zero-order chi connectivity index (χ0) is 7.61. The van der Waals surface area contributed by atoms with Crippen molar-refractivity contribution in [2.24, 2.45) is 0 Å². The minimum Gasteiger partial charge on any atom is -0.383 e. The molecule has 1 N–H and O–H groups in total. The van der Waals surface area contributed by atoms with Gasteiger partial charge in [0.05, 0.1) is 0 Å². The lowest BCUT2D eigenvalue weighted by atomic mass is 10.1. The van der Waals surface area contributed by atoms with E-state index in [-0.39, 0.29) is 30.4 Å². The molecule has 0 radical (unpaired) electrons. The average Bonchev–Trinajstić information content (AvgIpc) is 2.12. The molecule has 0 aromatic heterocycles. The first kappa shape index (κ1) is 14.4. The zero-order valence-corrected chi connectivity index (χ0v) is 9.39. The number of hydrogen-bond acceptors (Lipinski definition) is 1. The monoisotopic (exact) mass is 209 g/mol. The Labute approximate surface area is 87.1 Å². The van der Waals surface area contributed by atoms with E-state index in [2.05, 4.69) is 44.3 Å². The Morgan fingerprint density at radius 1 is 1.25 bits per heavy atom. The van der Waals surface area contributed by atoms with Crippen LogP contribution in [-0.4, -0.2) is 5.54 Å². The van der Waals surface area contributed by atoms with Gasteiger partial charge in [-0.1, -0.05) is 12.2 Å². The summed E-state index contributed by atoms with van der Waals surface area (Å²) in [6, 6.07) is 0. The Bertz CT molecular complexity index is 177. The summed E-state index contributed by atoms with van der Waals surface area (Å²) in [6.07, 6.45) is 7.45. The van der Waals surface area contributed by atoms with Gasteiger partial charge >= 0.3 is 0 Å². The predicted molar refractivity (Wildman–Crippen MR) is 59.2 cm³/mol. The van der Waals surface area contributed by atoms with E-state index in [4.69, 9.17) is 0 Å². The minimum atomic E-state index is 0. The van der Waals surface area contributed by atoms with Gasteiger partial charge in [-0.15, -0.1) is 24.8 Å². The molecular formula is C9H17Cl2N. The highest BCUT2D eigenvalue weighted by atomic mass is 35.5. The van der Waals surface area contributed by atoms with Gasteiger partial charge in [0.15, 0.2) is 0 Å². The van der Waals surface area contributed by atoms with E-state index in [9.17, 15) is 0 Å². The van der Waals surface area contributed by atoms with Gasteiger partial charge in [0.25, 0.3) is 0 Å². The first-order valence-electron chi connectivity index (χ1n) is 3.72. The van der Waals surface area contributed by atoms with Crippen LogP contribution in [0.25, 0.3) is 0 Å². The number of nitrogens with one attached hydrogen (secondary N) is 1. The summed E-state index contributed by atoms with van der Waals surface area (Å²) < 4.78 is 0. The molecule has 1 rings (SSSR count). The standard InChI is InChI=1S/C9H15N.2ClH/c1-9(2,3)10-8-6-4-5-7-8;;/h4-6,10H,7H2,1-3H3;2*1H. The highest BCUT2D eigenvalue weighted by Crippen LogP contribution is 2.11. The lowest BCUT2D eigenvalue weighted by Crippen LogP contribution is -2.34. The van der Waals surface area contributed by atoms with E-state index in [0.717, 1.165) is 6.42 Å². The molecule has 0 unspecified atom stereocenters. The van der Waals surface area contributed by atoms with E-state index in [1.807, 2.05) is 0 Å². The maximum Gasteiger partial charge on any atom is 0.0286 e. The molecule has 0 atom stereocenters. The van der Waals surface area contributed by atoms with Crippen LogP contribution in [0, 0.1) is 0 Å². The largest absolute Gasteiger partial charge is 0.383 e. The molecule has 0 aliphatic heterocycles. The molecule has 72 valence electrons. The first-order valence-corrected chi connectivity index (χ1v) is 3.72. The topological polar surface area (TPSA) is 12.0 Å². The van der Waals surface area contributed by atoms with Gasteiger partial charge < -0.3 is 5.32 Å². The molecular weight excluding hydrogens is 193 g/mol. The Kier molecular flexibility index (Phi) is 6.59. The fourth-order valence-corrected chi connectivity index (χ4v) is 1.02. The molecule has 0 aromatic rings. The van der Waals surface area contributed by atoms with Crippen molar-refractivity contribution < 1.29 is 0 Å². The maximum absolute atomic E-state index is 3.42. The molecule has 0 amide bonds. The van der Waals surface area contributed by atoms with E-state index in [0.29, 0.717) is 0 Å². The highest BCUT2D eigenvalue weighted by Gasteiger charge is 2.10. The summed E-state index contributed by atoms with van der Waals surface area (Å²) in [4.78, 5) is 0. The molecule has 1 aliphatic rings. The quantitative estimate of drug-likeness (QED) is 0.701. The second kappa shape index (κ2) is 5.50. The Morgan fingerprint density at radius 3 is 2.17 bits per heavy atom. The van der Waals surface area contributed by atoms with E-state index < -0.39 is 0 Å². The van der Waals surface area contributed by atoms with Gasteiger partial charge in [0.2, 0.25) is 0 Å². The number of allylic oxidation sites excluding steroid dienone is 3. The van der Waals surface area contributed by atoms with Crippen LogP contribution >= 0.6 is 24.8 Å². The summed E-state index contributed by atoms with van der Waals surface area (Å²) >= 11 is 0. The van der Waals surface area contributed by atoms with Crippen LogP contribution in [0.15, 0.2) is 23.9 Å². The second-order valence-corrected chi connectivity index (χ2v) is 3.70. The number of hydrogen-bond donors (Lipinski definition) is 1. The molecule has 1 nitrogen and oxygen atoms in total. The smallest absolute Gasteiger partial charge is 0.0286 e. The average molecular weight is 210 g/mol. The molecule has 0 fully saturated rings. The van der Waals surface area contributed by atoms with Gasteiger partial charge in [-0.2, -0.15) is 0 Å². The Balaban J connectivity index is 0.